The SMILES string of the molecule is C=C(CC)NC(=C)CCC(C)(C)C. The molecule has 0 aliphatic heterocycles. The third-order valence-corrected chi connectivity index (χ3v) is 1.96. The molecule has 0 saturated heterocycles. The smallest absolute Gasteiger partial charge is 0.00757 e. The lowest BCUT2D eigenvalue weighted by molar-refractivity contribution is 0.375. The molecule has 0 heterocycles. The van der Waals surface area contributed by atoms with Crippen molar-refractivity contribution in [3.63, 3.8) is 0 Å². The highest BCUT2D eigenvalue weighted by Crippen LogP contribution is 2.22. The summed E-state index contributed by atoms with van der Waals surface area (Å²) in [7, 11) is 0. The molecule has 0 rings (SSSR count). The molecular weight excluding hydrogens is 158 g/mol. The van der Waals surface area contributed by atoms with Crippen molar-refractivity contribution in [3.05, 3.63) is 24.6 Å². The van der Waals surface area contributed by atoms with Gasteiger partial charge in [-0.3, -0.25) is 0 Å². The molecule has 0 aromatic heterocycles. The van der Waals surface area contributed by atoms with Crippen LogP contribution in [0.15, 0.2) is 24.6 Å². The number of hydrogen-bond donors (Lipinski definition) is 1. The van der Waals surface area contributed by atoms with Crippen LogP contribution in [0.1, 0.15) is 47.0 Å². The molecule has 0 saturated carbocycles. The third kappa shape index (κ3) is 7.63. The Morgan fingerprint density at radius 2 is 1.69 bits per heavy atom. The van der Waals surface area contributed by atoms with Gasteiger partial charge in [0.1, 0.15) is 0 Å². The van der Waals surface area contributed by atoms with Gasteiger partial charge in [-0.25, -0.2) is 0 Å². The maximum atomic E-state index is 3.97. The van der Waals surface area contributed by atoms with E-state index in [9.17, 15) is 0 Å². The summed E-state index contributed by atoms with van der Waals surface area (Å²) < 4.78 is 0. The number of nitrogens with one attached hydrogen (secondary N) is 1. The number of hydrogen-bond acceptors (Lipinski definition) is 1. The molecule has 0 radical (unpaired) electrons. The van der Waals surface area contributed by atoms with Gasteiger partial charge in [0.2, 0.25) is 0 Å². The topological polar surface area (TPSA) is 12.0 Å². The number of allylic oxidation sites excluding steroid dienone is 2. The molecule has 0 aliphatic rings. The lowest BCUT2D eigenvalue weighted by atomic mass is 9.90. The maximum Gasteiger partial charge on any atom is 0.00757 e. The van der Waals surface area contributed by atoms with Gasteiger partial charge in [-0.15, -0.1) is 0 Å². The zero-order valence-corrected chi connectivity index (χ0v) is 9.54. The first-order chi connectivity index (χ1) is 5.85. The van der Waals surface area contributed by atoms with Crippen LogP contribution in [0.3, 0.4) is 0 Å². The lowest BCUT2D eigenvalue weighted by Crippen LogP contribution is -2.13. The van der Waals surface area contributed by atoms with Gasteiger partial charge in [0.05, 0.1) is 0 Å². The Balaban J connectivity index is 3.70. The minimum Gasteiger partial charge on any atom is -0.363 e. The van der Waals surface area contributed by atoms with Crippen LogP contribution in [-0.2, 0) is 0 Å². The highest BCUT2D eigenvalue weighted by Gasteiger charge is 2.10. The normalized spacial score (nSPS) is 11.1. The van der Waals surface area contributed by atoms with E-state index in [1.807, 2.05) is 0 Å². The van der Waals surface area contributed by atoms with E-state index in [1.165, 1.54) is 0 Å². The van der Waals surface area contributed by atoms with Crippen molar-refractivity contribution in [1.29, 1.82) is 0 Å². The molecule has 0 unspecified atom stereocenters. The Morgan fingerprint density at radius 1 is 1.15 bits per heavy atom. The molecule has 1 heteroatoms. The highest BCUT2D eigenvalue weighted by atomic mass is 14.9. The Morgan fingerprint density at radius 3 is 2.08 bits per heavy atom. The van der Waals surface area contributed by atoms with Crippen molar-refractivity contribution >= 4 is 0 Å². The van der Waals surface area contributed by atoms with Gasteiger partial charge in [0.25, 0.3) is 0 Å². The van der Waals surface area contributed by atoms with Crippen molar-refractivity contribution in [1.82, 2.24) is 5.32 Å². The second-order valence-electron chi connectivity index (χ2n) is 4.75. The molecule has 0 fully saturated rings. The van der Waals surface area contributed by atoms with Crippen LogP contribution in [0.25, 0.3) is 0 Å². The van der Waals surface area contributed by atoms with Gasteiger partial charge in [0, 0.05) is 11.4 Å². The average molecular weight is 181 g/mol. The average Bonchev–Trinajstić information content (AvgIpc) is 1.99. The Kier molecular flexibility index (Phi) is 4.82. The molecule has 1 N–H and O–H groups in total. The predicted molar refractivity (Wildman–Crippen MR) is 60.4 cm³/mol. The molecule has 0 spiro atoms. The van der Waals surface area contributed by atoms with Gasteiger partial charge in [-0.2, -0.15) is 0 Å². The molecule has 13 heavy (non-hydrogen) atoms. The van der Waals surface area contributed by atoms with Crippen LogP contribution in [0.4, 0.5) is 0 Å². The van der Waals surface area contributed by atoms with Crippen LogP contribution in [0.5, 0.6) is 0 Å². The summed E-state index contributed by atoms with van der Waals surface area (Å²) in [5.41, 5.74) is 2.53. The van der Waals surface area contributed by atoms with Gasteiger partial charge in [-0.05, 0) is 24.7 Å². The van der Waals surface area contributed by atoms with Crippen molar-refractivity contribution < 1.29 is 0 Å². The van der Waals surface area contributed by atoms with Crippen LogP contribution < -0.4 is 5.32 Å². The summed E-state index contributed by atoms with van der Waals surface area (Å²) in [6, 6.07) is 0. The fourth-order valence-electron chi connectivity index (χ4n) is 0.927. The molecule has 76 valence electrons. The summed E-state index contributed by atoms with van der Waals surface area (Å²) in [4.78, 5) is 0. The third-order valence-electron chi connectivity index (χ3n) is 1.96. The summed E-state index contributed by atoms with van der Waals surface area (Å²) in [6.45, 7) is 16.7. The fourth-order valence-corrected chi connectivity index (χ4v) is 0.927. The quantitative estimate of drug-likeness (QED) is 0.679. The van der Waals surface area contributed by atoms with E-state index in [2.05, 4.69) is 46.2 Å². The van der Waals surface area contributed by atoms with Crippen LogP contribution >= 0.6 is 0 Å². The van der Waals surface area contributed by atoms with Crippen LogP contribution in [-0.4, -0.2) is 0 Å². The summed E-state index contributed by atoms with van der Waals surface area (Å²) in [5.74, 6) is 0. The van der Waals surface area contributed by atoms with Crippen LogP contribution in [0.2, 0.25) is 0 Å². The monoisotopic (exact) mass is 181 g/mol. The highest BCUT2D eigenvalue weighted by molar-refractivity contribution is 5.04. The van der Waals surface area contributed by atoms with Gasteiger partial charge in [0.15, 0.2) is 0 Å². The Bertz CT molecular complexity index is 184. The molecular formula is C12H23N. The zero-order valence-electron chi connectivity index (χ0n) is 9.54. The van der Waals surface area contributed by atoms with Crippen molar-refractivity contribution in [2.24, 2.45) is 5.41 Å². The predicted octanol–water partition coefficient (Wildman–Crippen LogP) is 3.84. The summed E-state index contributed by atoms with van der Waals surface area (Å²) in [5, 5.41) is 3.21. The summed E-state index contributed by atoms with van der Waals surface area (Å²) >= 11 is 0. The van der Waals surface area contributed by atoms with E-state index in [0.29, 0.717) is 5.41 Å². The van der Waals surface area contributed by atoms with E-state index < -0.39 is 0 Å². The molecule has 0 aliphatic carbocycles. The van der Waals surface area contributed by atoms with Crippen molar-refractivity contribution in [2.45, 2.75) is 47.0 Å². The van der Waals surface area contributed by atoms with Gasteiger partial charge in [-0.1, -0.05) is 40.9 Å². The van der Waals surface area contributed by atoms with E-state index in [1.54, 1.807) is 0 Å². The summed E-state index contributed by atoms with van der Waals surface area (Å²) in [6.07, 6.45) is 3.16. The van der Waals surface area contributed by atoms with E-state index in [-0.39, 0.29) is 0 Å². The first-order valence-electron chi connectivity index (χ1n) is 4.97. The second kappa shape index (κ2) is 5.11. The van der Waals surface area contributed by atoms with Gasteiger partial charge < -0.3 is 5.32 Å². The van der Waals surface area contributed by atoms with Crippen LogP contribution in [0, 0.1) is 5.41 Å². The minimum atomic E-state index is 0.387. The van der Waals surface area contributed by atoms with E-state index >= 15 is 0 Å². The molecule has 0 aromatic rings. The van der Waals surface area contributed by atoms with Gasteiger partial charge >= 0.3 is 0 Å². The zero-order chi connectivity index (χ0) is 10.5. The first kappa shape index (κ1) is 12.3. The second-order valence-corrected chi connectivity index (χ2v) is 4.75. The van der Waals surface area contributed by atoms with Crippen molar-refractivity contribution in [2.75, 3.05) is 0 Å². The van der Waals surface area contributed by atoms with E-state index in [0.717, 1.165) is 30.7 Å². The fraction of sp³-hybridized carbons (Fsp3) is 0.667. The Labute approximate surface area is 82.9 Å². The molecule has 0 aromatic carbocycles. The van der Waals surface area contributed by atoms with E-state index in [4.69, 9.17) is 0 Å². The first-order valence-corrected chi connectivity index (χ1v) is 4.97. The molecule has 0 bridgehead atoms. The standard InChI is InChI=1S/C12H23N/c1-7-10(2)13-11(3)8-9-12(4,5)6/h13H,2-3,7-9H2,1,4-6H3. The molecule has 1 nitrogen and oxygen atoms in total. The Hall–Kier alpha value is -0.720. The maximum absolute atomic E-state index is 3.97. The minimum absolute atomic E-state index is 0.387. The van der Waals surface area contributed by atoms with Crippen molar-refractivity contribution in [3.8, 4) is 0 Å². The number of rotatable bonds is 5. The lowest BCUT2D eigenvalue weighted by Gasteiger charge is -2.19. The molecule has 0 atom stereocenters. The molecule has 0 amide bonds. The largest absolute Gasteiger partial charge is 0.363 e.